The zero-order valence-electron chi connectivity index (χ0n) is 35.5. The van der Waals surface area contributed by atoms with Crippen LogP contribution in [0.4, 0.5) is 56.9 Å². The van der Waals surface area contributed by atoms with Crippen molar-refractivity contribution in [3.05, 3.63) is 143 Å². The molecular weight excluding hydrogens is 819 g/mol. The second-order valence-corrected chi connectivity index (χ2v) is 16.0. The molecular formula is C47H43N9O6S. The fraction of sp³-hybridized carbons (Fsp3) is 0.149. The van der Waals surface area contributed by atoms with Crippen molar-refractivity contribution in [2.75, 3.05) is 19.5 Å². The quantitative estimate of drug-likeness (QED) is 0.0755. The van der Waals surface area contributed by atoms with Gasteiger partial charge in [0, 0.05) is 22.8 Å². The van der Waals surface area contributed by atoms with E-state index in [-0.39, 0.29) is 16.3 Å². The van der Waals surface area contributed by atoms with Crippen molar-refractivity contribution in [1.29, 1.82) is 0 Å². The Morgan fingerprint density at radius 1 is 0.476 bits per heavy atom. The maximum Gasteiger partial charge on any atom is 0.296 e. The van der Waals surface area contributed by atoms with Gasteiger partial charge >= 0.3 is 0 Å². The van der Waals surface area contributed by atoms with E-state index < -0.39 is 10.1 Å². The lowest BCUT2D eigenvalue weighted by atomic mass is 10.1. The number of benzene rings is 7. The number of aryl methyl sites for hydroxylation is 5. The van der Waals surface area contributed by atoms with Crippen LogP contribution in [0.3, 0.4) is 0 Å². The van der Waals surface area contributed by atoms with E-state index in [1.807, 2.05) is 100 Å². The first-order valence-electron chi connectivity index (χ1n) is 19.5. The number of nitrogens with zero attached hydrogens (tertiary/aromatic N) is 8. The second-order valence-electron chi connectivity index (χ2n) is 14.6. The van der Waals surface area contributed by atoms with Crippen LogP contribution in [-0.4, -0.2) is 32.3 Å². The average molecular weight is 862 g/mol. The summed E-state index contributed by atoms with van der Waals surface area (Å²) in [5.41, 5.74) is 9.62. The van der Waals surface area contributed by atoms with Crippen molar-refractivity contribution >= 4 is 77.8 Å². The number of phenols is 1. The van der Waals surface area contributed by atoms with E-state index in [0.717, 1.165) is 44.8 Å². The third-order valence-corrected chi connectivity index (χ3v) is 11.0. The summed E-state index contributed by atoms with van der Waals surface area (Å²) in [6, 6.07) is 33.7. The van der Waals surface area contributed by atoms with Gasteiger partial charge in [-0.25, -0.2) is 0 Å². The van der Waals surface area contributed by atoms with E-state index in [1.165, 1.54) is 25.3 Å². The van der Waals surface area contributed by atoms with Gasteiger partial charge in [0.05, 0.1) is 42.7 Å². The predicted molar refractivity (Wildman–Crippen MR) is 244 cm³/mol. The molecule has 0 atom stereocenters. The van der Waals surface area contributed by atoms with E-state index >= 15 is 0 Å². The largest absolute Gasteiger partial charge is 0.505 e. The van der Waals surface area contributed by atoms with Gasteiger partial charge < -0.3 is 19.9 Å². The maximum atomic E-state index is 11.8. The van der Waals surface area contributed by atoms with Crippen molar-refractivity contribution < 1.29 is 27.6 Å². The summed E-state index contributed by atoms with van der Waals surface area (Å²) in [5.74, 6) is 1.19. The molecule has 0 aliphatic rings. The molecule has 318 valence electrons. The standard InChI is InChI=1S/C47H43N9O6S/c1-27-21-40(28(2)20-39(27)51-50-38-19-12-32-25-34(15-18-36(32)47(38)57)48-33-13-16-35(61-6)17-14-33)52-53-41-22-30(4)42(23-29(41)3)54-56-44-24-31(5)43(26-45(44)62-7)55-49-37-10-8-9-11-46(37)63(58,59)60/h8-26,48,57H,1-7H3,(H,58,59,60). The van der Waals surface area contributed by atoms with Gasteiger partial charge in [0.15, 0.2) is 5.75 Å². The maximum absolute atomic E-state index is 11.8. The summed E-state index contributed by atoms with van der Waals surface area (Å²) < 4.78 is 43.9. The number of ether oxygens (including phenoxy) is 2. The van der Waals surface area contributed by atoms with Crippen LogP contribution < -0.4 is 14.8 Å². The van der Waals surface area contributed by atoms with Crippen LogP contribution in [0.1, 0.15) is 27.8 Å². The van der Waals surface area contributed by atoms with Gasteiger partial charge in [0.1, 0.15) is 33.5 Å². The third kappa shape index (κ3) is 10.1. The summed E-state index contributed by atoms with van der Waals surface area (Å²) in [6.45, 7) is 9.47. The number of phenolic OH excluding ortho intramolecular Hbond substituents is 1. The number of hydrogen-bond acceptors (Lipinski definition) is 14. The Kier molecular flexibility index (Phi) is 12.8. The molecule has 7 aromatic rings. The van der Waals surface area contributed by atoms with E-state index in [0.29, 0.717) is 56.5 Å². The molecule has 0 heterocycles. The number of anilines is 2. The molecule has 0 aliphatic heterocycles. The Hall–Kier alpha value is -7.69. The highest BCUT2D eigenvalue weighted by Gasteiger charge is 2.16. The topological polar surface area (TPSA) is 204 Å². The van der Waals surface area contributed by atoms with Gasteiger partial charge in [0.25, 0.3) is 10.1 Å². The van der Waals surface area contributed by atoms with Gasteiger partial charge in [-0.05, 0) is 159 Å². The van der Waals surface area contributed by atoms with E-state index in [2.05, 4.69) is 46.2 Å². The number of rotatable bonds is 13. The Morgan fingerprint density at radius 2 is 0.937 bits per heavy atom. The molecule has 0 bridgehead atoms. The SMILES string of the molecule is COc1ccc(Nc2ccc3c(O)c(N=Nc4cc(C)c(N=Nc5cc(C)c(N=Nc6cc(C)c(N=Nc7ccccc7S(=O)(=O)O)cc6OC)cc5C)cc4C)ccc3c2)cc1. The van der Waals surface area contributed by atoms with Gasteiger partial charge in [-0.1, -0.05) is 18.2 Å². The van der Waals surface area contributed by atoms with Gasteiger partial charge in [-0.3, -0.25) is 4.55 Å². The van der Waals surface area contributed by atoms with Crippen LogP contribution in [0.25, 0.3) is 10.8 Å². The number of methoxy groups -OCH3 is 2. The molecule has 0 saturated heterocycles. The zero-order chi connectivity index (χ0) is 44.8. The molecule has 0 radical (unpaired) electrons. The molecule has 0 aromatic heterocycles. The molecule has 0 fully saturated rings. The predicted octanol–water partition coefficient (Wildman–Crippen LogP) is 14.8. The molecule has 0 amide bonds. The first kappa shape index (κ1) is 43.4. The van der Waals surface area contributed by atoms with Gasteiger partial charge in [-0.2, -0.15) is 34.0 Å². The highest BCUT2D eigenvalue weighted by molar-refractivity contribution is 7.86. The number of aromatic hydroxyl groups is 1. The molecule has 7 rings (SSSR count). The van der Waals surface area contributed by atoms with Crippen LogP contribution >= 0.6 is 0 Å². The number of fused-ring (bicyclic) bond motifs is 1. The molecule has 3 N–H and O–H groups in total. The molecule has 0 unspecified atom stereocenters. The van der Waals surface area contributed by atoms with E-state index in [9.17, 15) is 18.1 Å². The smallest absolute Gasteiger partial charge is 0.296 e. The van der Waals surface area contributed by atoms with Crippen LogP contribution in [0.2, 0.25) is 0 Å². The summed E-state index contributed by atoms with van der Waals surface area (Å²) in [6.07, 6.45) is 0. The fourth-order valence-corrected chi connectivity index (χ4v) is 7.13. The number of nitrogens with one attached hydrogen (secondary N) is 1. The Bertz CT molecular complexity index is 3110. The Morgan fingerprint density at radius 3 is 1.46 bits per heavy atom. The normalized spacial score (nSPS) is 12.1. The third-order valence-electron chi connectivity index (χ3n) is 10.1. The van der Waals surface area contributed by atoms with Crippen molar-refractivity contribution in [2.24, 2.45) is 40.9 Å². The highest BCUT2D eigenvalue weighted by atomic mass is 32.2. The molecule has 15 nitrogen and oxygen atoms in total. The molecule has 16 heteroatoms. The number of hydrogen-bond donors (Lipinski definition) is 3. The molecule has 7 aromatic carbocycles. The lowest BCUT2D eigenvalue weighted by Gasteiger charge is -2.10. The Labute approximate surface area is 364 Å². The van der Waals surface area contributed by atoms with Crippen molar-refractivity contribution in [2.45, 2.75) is 39.5 Å². The summed E-state index contributed by atoms with van der Waals surface area (Å²) >= 11 is 0. The summed E-state index contributed by atoms with van der Waals surface area (Å²) in [7, 11) is -1.36. The molecule has 0 saturated carbocycles. The summed E-state index contributed by atoms with van der Waals surface area (Å²) in [4.78, 5) is -0.350. The second kappa shape index (κ2) is 18.5. The van der Waals surface area contributed by atoms with Crippen molar-refractivity contribution in [1.82, 2.24) is 0 Å². The summed E-state index contributed by atoms with van der Waals surface area (Å²) in [5, 5.41) is 51.3. The molecule has 0 spiro atoms. The molecule has 0 aliphatic carbocycles. The van der Waals surface area contributed by atoms with Crippen LogP contribution in [-0.2, 0) is 10.1 Å². The fourth-order valence-electron chi connectivity index (χ4n) is 6.50. The van der Waals surface area contributed by atoms with Crippen LogP contribution in [0, 0.1) is 34.6 Å². The van der Waals surface area contributed by atoms with Crippen LogP contribution in [0.5, 0.6) is 17.2 Å². The van der Waals surface area contributed by atoms with Crippen molar-refractivity contribution in [3.8, 4) is 17.2 Å². The Balaban J connectivity index is 1.04. The minimum atomic E-state index is -4.49. The van der Waals surface area contributed by atoms with Crippen LogP contribution in [0.15, 0.2) is 161 Å². The highest BCUT2D eigenvalue weighted by Crippen LogP contribution is 2.40. The minimum absolute atomic E-state index is 0.00629. The van der Waals surface area contributed by atoms with Gasteiger partial charge in [-0.15, -0.1) is 15.3 Å². The minimum Gasteiger partial charge on any atom is -0.505 e. The zero-order valence-corrected chi connectivity index (χ0v) is 36.3. The lowest BCUT2D eigenvalue weighted by Crippen LogP contribution is -1.97. The first-order valence-corrected chi connectivity index (χ1v) is 21.0. The monoisotopic (exact) mass is 861 g/mol. The average Bonchev–Trinajstić information content (AvgIpc) is 3.26. The van der Waals surface area contributed by atoms with E-state index in [4.69, 9.17) is 9.47 Å². The first-order chi connectivity index (χ1) is 30.2. The van der Waals surface area contributed by atoms with Gasteiger partial charge in [0.2, 0.25) is 0 Å². The lowest BCUT2D eigenvalue weighted by molar-refractivity contribution is 0.415. The number of azo groups is 4. The van der Waals surface area contributed by atoms with E-state index in [1.54, 1.807) is 38.3 Å². The molecule has 63 heavy (non-hydrogen) atoms. The van der Waals surface area contributed by atoms with Crippen molar-refractivity contribution in [3.63, 3.8) is 0 Å².